The number of nitriles is 1. The molecule has 4 aromatic rings. The molecule has 7 heteroatoms. The monoisotopic (exact) mass is 477 g/mol. The Balaban J connectivity index is 1.67. The van der Waals surface area contributed by atoms with E-state index >= 15 is 0 Å². The summed E-state index contributed by atoms with van der Waals surface area (Å²) >= 11 is 4.73. The van der Waals surface area contributed by atoms with Gasteiger partial charge in [0.15, 0.2) is 0 Å². The van der Waals surface area contributed by atoms with Crippen molar-refractivity contribution in [3.63, 3.8) is 0 Å². The fourth-order valence-electron chi connectivity index (χ4n) is 3.06. The topological polar surface area (TPSA) is 78.9 Å². The molecule has 0 spiro atoms. The maximum Gasteiger partial charge on any atom is 0.345 e. The predicted octanol–water partition coefficient (Wildman–Crippen LogP) is 6.27. The third kappa shape index (κ3) is 4.06. The van der Waals surface area contributed by atoms with Crippen LogP contribution in [-0.2, 0) is 0 Å². The van der Waals surface area contributed by atoms with Crippen molar-refractivity contribution in [2.24, 2.45) is 0 Å². The minimum absolute atomic E-state index is 0.364. The standard InChI is InChI=1S/C23H16BrN3O2S/c1-13-3-5-19(14(2)7-13)26-11-16(10-25)22-27-20(12-30-22)18-9-15-8-17(24)4-6-21(15)29-23(18)28/h3-9,11-12,26H,1-2H3/b16-11+. The number of halogens is 1. The molecule has 2 heterocycles. The van der Waals surface area contributed by atoms with Gasteiger partial charge >= 0.3 is 5.63 Å². The van der Waals surface area contributed by atoms with Crippen molar-refractivity contribution in [1.29, 1.82) is 5.26 Å². The van der Waals surface area contributed by atoms with Crippen LogP contribution >= 0.6 is 27.3 Å². The van der Waals surface area contributed by atoms with E-state index < -0.39 is 5.63 Å². The summed E-state index contributed by atoms with van der Waals surface area (Å²) in [6, 6.07) is 15.4. The summed E-state index contributed by atoms with van der Waals surface area (Å²) in [5.74, 6) is 0. The van der Waals surface area contributed by atoms with Crippen molar-refractivity contribution >= 4 is 49.5 Å². The Morgan fingerprint density at radius 1 is 1.23 bits per heavy atom. The van der Waals surface area contributed by atoms with Gasteiger partial charge in [0.1, 0.15) is 22.2 Å². The van der Waals surface area contributed by atoms with Gasteiger partial charge in [0.05, 0.1) is 11.3 Å². The maximum absolute atomic E-state index is 12.4. The van der Waals surface area contributed by atoms with Crippen LogP contribution in [-0.4, -0.2) is 4.98 Å². The van der Waals surface area contributed by atoms with E-state index in [4.69, 9.17) is 4.42 Å². The van der Waals surface area contributed by atoms with Crippen LogP contribution in [0.2, 0.25) is 0 Å². The predicted molar refractivity (Wildman–Crippen MR) is 124 cm³/mol. The van der Waals surface area contributed by atoms with Crippen molar-refractivity contribution in [3.8, 4) is 17.3 Å². The normalized spacial score (nSPS) is 11.5. The first-order valence-electron chi connectivity index (χ1n) is 9.08. The van der Waals surface area contributed by atoms with Gasteiger partial charge in [0.25, 0.3) is 0 Å². The second kappa shape index (κ2) is 8.27. The number of nitrogens with zero attached hydrogens (tertiary/aromatic N) is 2. The zero-order valence-electron chi connectivity index (χ0n) is 16.2. The number of benzene rings is 2. The Morgan fingerprint density at radius 3 is 2.83 bits per heavy atom. The Kier molecular flexibility index (Phi) is 5.53. The molecule has 0 saturated carbocycles. The van der Waals surface area contributed by atoms with Crippen molar-refractivity contribution in [2.45, 2.75) is 13.8 Å². The number of anilines is 1. The van der Waals surface area contributed by atoms with E-state index in [0.717, 1.165) is 21.1 Å². The number of fused-ring (bicyclic) bond motifs is 1. The molecule has 0 aliphatic heterocycles. The smallest absolute Gasteiger partial charge is 0.345 e. The van der Waals surface area contributed by atoms with Gasteiger partial charge < -0.3 is 9.73 Å². The lowest BCUT2D eigenvalue weighted by molar-refractivity contribution is 0.563. The van der Waals surface area contributed by atoms with Crippen molar-refractivity contribution in [3.05, 3.63) is 85.1 Å². The number of allylic oxidation sites excluding steroid dienone is 1. The van der Waals surface area contributed by atoms with Gasteiger partial charge in [-0.05, 0) is 49.7 Å². The highest BCUT2D eigenvalue weighted by Crippen LogP contribution is 2.27. The highest BCUT2D eigenvalue weighted by Gasteiger charge is 2.14. The highest BCUT2D eigenvalue weighted by molar-refractivity contribution is 9.10. The summed E-state index contributed by atoms with van der Waals surface area (Å²) in [4.78, 5) is 16.9. The van der Waals surface area contributed by atoms with Crippen LogP contribution in [0.4, 0.5) is 5.69 Å². The summed E-state index contributed by atoms with van der Waals surface area (Å²) in [6.45, 7) is 4.04. The fourth-order valence-corrected chi connectivity index (χ4v) is 4.23. The second-order valence-electron chi connectivity index (χ2n) is 6.80. The van der Waals surface area contributed by atoms with Crippen molar-refractivity contribution < 1.29 is 4.42 Å². The van der Waals surface area contributed by atoms with Gasteiger partial charge in [-0.25, -0.2) is 9.78 Å². The SMILES string of the molecule is Cc1ccc(N/C=C(\C#N)c2nc(-c3cc4cc(Br)ccc4oc3=O)cs2)c(C)c1. The van der Waals surface area contributed by atoms with Crippen LogP contribution in [0.1, 0.15) is 16.1 Å². The third-order valence-corrected chi connectivity index (χ3v) is 5.95. The zero-order chi connectivity index (χ0) is 21.3. The molecule has 0 saturated heterocycles. The fraction of sp³-hybridized carbons (Fsp3) is 0.0870. The van der Waals surface area contributed by atoms with E-state index in [-0.39, 0.29) is 0 Å². The molecule has 0 atom stereocenters. The van der Waals surface area contributed by atoms with Crippen LogP contribution in [0, 0.1) is 25.2 Å². The Labute approximate surface area is 185 Å². The van der Waals surface area contributed by atoms with Gasteiger partial charge in [-0.15, -0.1) is 11.3 Å². The molecule has 0 radical (unpaired) electrons. The molecule has 0 amide bonds. The van der Waals surface area contributed by atoms with Gasteiger partial charge in [0.2, 0.25) is 0 Å². The molecule has 4 rings (SSSR count). The zero-order valence-corrected chi connectivity index (χ0v) is 18.6. The van der Waals surface area contributed by atoms with Crippen molar-refractivity contribution in [2.75, 3.05) is 5.32 Å². The number of thiazole rings is 1. The highest BCUT2D eigenvalue weighted by atomic mass is 79.9. The van der Waals surface area contributed by atoms with Gasteiger partial charge in [0, 0.05) is 27.1 Å². The first-order chi connectivity index (χ1) is 14.4. The van der Waals surface area contributed by atoms with E-state index in [1.54, 1.807) is 23.7 Å². The summed E-state index contributed by atoms with van der Waals surface area (Å²) < 4.78 is 6.31. The summed E-state index contributed by atoms with van der Waals surface area (Å²) in [6.07, 6.45) is 1.64. The third-order valence-electron chi connectivity index (χ3n) is 4.58. The number of nitrogens with one attached hydrogen (secondary N) is 1. The average Bonchev–Trinajstić information content (AvgIpc) is 3.19. The Bertz CT molecular complexity index is 1400. The van der Waals surface area contributed by atoms with E-state index in [2.05, 4.69) is 38.4 Å². The van der Waals surface area contributed by atoms with Crippen molar-refractivity contribution in [1.82, 2.24) is 4.98 Å². The molecule has 2 aromatic heterocycles. The Hall–Kier alpha value is -3.21. The molecular formula is C23H16BrN3O2S. The molecule has 0 aliphatic carbocycles. The quantitative estimate of drug-likeness (QED) is 0.276. The van der Waals surface area contributed by atoms with E-state index in [9.17, 15) is 10.1 Å². The lowest BCUT2D eigenvalue weighted by Crippen LogP contribution is -2.03. The van der Waals surface area contributed by atoms with Crippen LogP contribution in [0.3, 0.4) is 0 Å². The molecule has 5 nitrogen and oxygen atoms in total. The molecule has 0 unspecified atom stereocenters. The Morgan fingerprint density at radius 2 is 2.07 bits per heavy atom. The lowest BCUT2D eigenvalue weighted by Gasteiger charge is -2.06. The molecule has 0 bridgehead atoms. The number of aromatic nitrogens is 1. The largest absolute Gasteiger partial charge is 0.422 e. The lowest BCUT2D eigenvalue weighted by atomic mass is 10.1. The van der Waals surface area contributed by atoms with E-state index in [0.29, 0.717) is 27.4 Å². The van der Waals surface area contributed by atoms with E-state index in [1.807, 2.05) is 38.1 Å². The summed E-state index contributed by atoms with van der Waals surface area (Å²) in [5, 5.41) is 15.9. The molecule has 0 fully saturated rings. The van der Waals surface area contributed by atoms with Crippen LogP contribution in [0.15, 0.2) is 67.7 Å². The molecule has 2 aromatic carbocycles. The summed E-state index contributed by atoms with van der Waals surface area (Å²) in [7, 11) is 0. The van der Waals surface area contributed by atoms with Crippen LogP contribution in [0.5, 0.6) is 0 Å². The molecule has 1 N–H and O–H groups in total. The van der Waals surface area contributed by atoms with Gasteiger partial charge in [-0.3, -0.25) is 0 Å². The number of hydrogen-bond acceptors (Lipinski definition) is 6. The second-order valence-corrected chi connectivity index (χ2v) is 8.57. The molecular weight excluding hydrogens is 462 g/mol. The summed E-state index contributed by atoms with van der Waals surface area (Å²) in [5.41, 5.74) is 4.47. The average molecular weight is 478 g/mol. The number of rotatable bonds is 4. The minimum Gasteiger partial charge on any atom is -0.422 e. The van der Waals surface area contributed by atoms with E-state index in [1.165, 1.54) is 16.9 Å². The number of aryl methyl sites for hydroxylation is 2. The first-order valence-corrected chi connectivity index (χ1v) is 10.8. The van der Waals surface area contributed by atoms with Crippen LogP contribution in [0.25, 0.3) is 27.8 Å². The van der Waals surface area contributed by atoms with Gasteiger partial charge in [-0.1, -0.05) is 33.6 Å². The molecule has 148 valence electrons. The first kappa shape index (κ1) is 20.1. The molecule has 0 aliphatic rings. The molecule has 30 heavy (non-hydrogen) atoms. The maximum atomic E-state index is 12.4. The van der Waals surface area contributed by atoms with Crippen LogP contribution < -0.4 is 10.9 Å². The minimum atomic E-state index is -0.461. The van der Waals surface area contributed by atoms with Gasteiger partial charge in [-0.2, -0.15) is 5.26 Å². The number of hydrogen-bond donors (Lipinski definition) is 1.